The van der Waals surface area contributed by atoms with Crippen LogP contribution in [0, 0.1) is 0 Å². The van der Waals surface area contributed by atoms with E-state index in [4.69, 9.17) is 0 Å². The summed E-state index contributed by atoms with van der Waals surface area (Å²) in [4.78, 5) is 12.2. The molecule has 1 fully saturated rings. The van der Waals surface area contributed by atoms with Crippen molar-refractivity contribution in [1.29, 1.82) is 0 Å². The third kappa shape index (κ3) is 2.87. The summed E-state index contributed by atoms with van der Waals surface area (Å²) in [5.41, 5.74) is -0.140. The second-order valence-electron chi connectivity index (χ2n) is 7.10. The molecule has 1 aromatic carbocycles. The Labute approximate surface area is 155 Å². The minimum Gasteiger partial charge on any atom is -0.389 e. The number of benzene rings is 1. The van der Waals surface area contributed by atoms with Crippen molar-refractivity contribution in [3.05, 3.63) is 27.1 Å². The van der Waals surface area contributed by atoms with Gasteiger partial charge in [-0.25, -0.2) is 13.2 Å². The summed E-state index contributed by atoms with van der Waals surface area (Å²) in [6.45, 7) is 3.63. The molecule has 1 aliphatic rings. The molecule has 1 aromatic heterocycles. The van der Waals surface area contributed by atoms with Gasteiger partial charge in [0.05, 0.1) is 27.6 Å². The largest absolute Gasteiger partial charge is 0.389 e. The normalized spacial score (nSPS) is 19.8. The van der Waals surface area contributed by atoms with Gasteiger partial charge in [0.2, 0.25) is 10.0 Å². The first-order chi connectivity index (χ1) is 11.5. The van der Waals surface area contributed by atoms with E-state index >= 15 is 0 Å². The zero-order chi connectivity index (χ0) is 18.7. The third-order valence-corrected chi connectivity index (χ3v) is 7.80. The number of nitrogens with zero attached hydrogens (tertiary/aromatic N) is 3. The Balaban J connectivity index is 2.20. The predicted octanol–water partition coefficient (Wildman–Crippen LogP) is 1.56. The summed E-state index contributed by atoms with van der Waals surface area (Å²) < 4.78 is 31.2. The van der Waals surface area contributed by atoms with Gasteiger partial charge in [0, 0.05) is 25.1 Å². The predicted molar refractivity (Wildman–Crippen MR) is 99.1 cm³/mol. The first-order valence-electron chi connectivity index (χ1n) is 8.05. The van der Waals surface area contributed by atoms with Gasteiger partial charge in [-0.2, -0.15) is 4.31 Å². The maximum atomic E-state index is 13.2. The van der Waals surface area contributed by atoms with Crippen molar-refractivity contribution >= 4 is 37.0 Å². The smallest absolute Gasteiger partial charge is 0.328 e. The highest BCUT2D eigenvalue weighted by Gasteiger charge is 2.43. The minimum atomic E-state index is -3.81. The van der Waals surface area contributed by atoms with Crippen LogP contribution in [0.5, 0.6) is 0 Å². The van der Waals surface area contributed by atoms with Crippen molar-refractivity contribution in [1.82, 2.24) is 13.4 Å². The van der Waals surface area contributed by atoms with Gasteiger partial charge in [0.1, 0.15) is 0 Å². The molecule has 0 radical (unpaired) electrons. The van der Waals surface area contributed by atoms with E-state index in [9.17, 15) is 18.3 Å². The number of imidazole rings is 1. The average molecular weight is 432 g/mol. The maximum absolute atomic E-state index is 13.2. The van der Waals surface area contributed by atoms with Gasteiger partial charge in [0.15, 0.2) is 0 Å². The van der Waals surface area contributed by atoms with Crippen LogP contribution in [0.4, 0.5) is 0 Å². The summed E-state index contributed by atoms with van der Waals surface area (Å²) in [6.07, 6.45) is 1.32. The fourth-order valence-corrected chi connectivity index (χ4v) is 6.39. The van der Waals surface area contributed by atoms with Crippen LogP contribution in [0.2, 0.25) is 0 Å². The van der Waals surface area contributed by atoms with Crippen molar-refractivity contribution < 1.29 is 13.5 Å². The molecule has 2 aromatic rings. The van der Waals surface area contributed by atoms with Crippen LogP contribution in [-0.2, 0) is 24.1 Å². The second-order valence-corrected chi connectivity index (χ2v) is 9.81. The van der Waals surface area contributed by atoms with E-state index in [1.807, 2.05) is 0 Å². The summed E-state index contributed by atoms with van der Waals surface area (Å²) >= 11 is 3.35. The maximum Gasteiger partial charge on any atom is 0.328 e. The lowest BCUT2D eigenvalue weighted by Gasteiger charge is -2.33. The molecule has 9 heteroatoms. The molecular formula is C16H22BrN3O4S. The Morgan fingerprint density at radius 3 is 2.32 bits per heavy atom. The van der Waals surface area contributed by atoms with E-state index in [0.717, 1.165) is 0 Å². The number of hydrogen-bond acceptors (Lipinski definition) is 4. The number of fused-ring (bicyclic) bond motifs is 1. The number of sulfonamides is 1. The van der Waals surface area contributed by atoms with Crippen LogP contribution < -0.4 is 5.69 Å². The second kappa shape index (κ2) is 5.94. The molecule has 3 rings (SSSR count). The molecule has 0 amide bonds. The number of aliphatic hydroxyl groups is 1. The summed E-state index contributed by atoms with van der Waals surface area (Å²) in [6, 6.07) is 2.70. The van der Waals surface area contributed by atoms with Crippen molar-refractivity contribution in [2.45, 2.75) is 43.2 Å². The van der Waals surface area contributed by atoms with Gasteiger partial charge in [0.25, 0.3) is 0 Å². The molecule has 138 valence electrons. The Bertz CT molecular complexity index is 1000. The topological polar surface area (TPSA) is 84.5 Å². The van der Waals surface area contributed by atoms with Crippen molar-refractivity contribution in [2.75, 3.05) is 6.54 Å². The molecule has 0 saturated carbocycles. The lowest BCUT2D eigenvalue weighted by atomic mass is 9.98. The molecule has 25 heavy (non-hydrogen) atoms. The molecule has 0 aliphatic carbocycles. The lowest BCUT2D eigenvalue weighted by molar-refractivity contribution is 0.0215. The van der Waals surface area contributed by atoms with Crippen molar-refractivity contribution in [3.8, 4) is 0 Å². The van der Waals surface area contributed by atoms with Crippen LogP contribution in [0.25, 0.3) is 11.0 Å². The first-order valence-corrected chi connectivity index (χ1v) is 10.3. The van der Waals surface area contributed by atoms with Gasteiger partial charge in [-0.3, -0.25) is 9.13 Å². The van der Waals surface area contributed by atoms with Crippen LogP contribution in [0.1, 0.15) is 26.7 Å². The van der Waals surface area contributed by atoms with Crippen LogP contribution in [0.3, 0.4) is 0 Å². The highest BCUT2D eigenvalue weighted by atomic mass is 79.9. The van der Waals surface area contributed by atoms with E-state index in [1.54, 1.807) is 34.0 Å². The van der Waals surface area contributed by atoms with E-state index in [0.29, 0.717) is 34.9 Å². The highest BCUT2D eigenvalue weighted by Crippen LogP contribution is 2.35. The molecule has 0 spiro atoms. The average Bonchev–Trinajstić information content (AvgIpc) is 3.08. The minimum absolute atomic E-state index is 0.109. The lowest BCUT2D eigenvalue weighted by Crippen LogP contribution is -2.48. The van der Waals surface area contributed by atoms with Gasteiger partial charge in [-0.05, 0) is 54.8 Å². The number of hydrogen-bond donors (Lipinski definition) is 1. The molecule has 1 atom stereocenters. The molecule has 1 aliphatic heterocycles. The van der Waals surface area contributed by atoms with Gasteiger partial charge in [-0.1, -0.05) is 0 Å². The Morgan fingerprint density at radius 1 is 1.20 bits per heavy atom. The Kier molecular flexibility index (Phi) is 4.42. The number of aromatic nitrogens is 2. The fourth-order valence-electron chi connectivity index (χ4n) is 3.56. The highest BCUT2D eigenvalue weighted by molar-refractivity contribution is 9.10. The first kappa shape index (κ1) is 18.6. The molecule has 1 saturated heterocycles. The number of halogens is 1. The monoisotopic (exact) mass is 431 g/mol. The zero-order valence-electron chi connectivity index (χ0n) is 14.7. The SMILES string of the molecule is Cn1c(=O)n(C)c2cc(S(=O)(=O)N3CCC[C@@H]3C(C)(C)O)c(Br)cc21. The summed E-state index contributed by atoms with van der Waals surface area (Å²) in [7, 11) is -0.547. The van der Waals surface area contributed by atoms with Crippen molar-refractivity contribution in [2.24, 2.45) is 14.1 Å². The van der Waals surface area contributed by atoms with Gasteiger partial charge < -0.3 is 5.11 Å². The van der Waals surface area contributed by atoms with Crippen LogP contribution >= 0.6 is 15.9 Å². The van der Waals surface area contributed by atoms with Crippen LogP contribution in [0.15, 0.2) is 26.3 Å². The summed E-state index contributed by atoms with van der Waals surface area (Å²) in [5, 5.41) is 10.4. The van der Waals surface area contributed by atoms with Crippen molar-refractivity contribution in [3.63, 3.8) is 0 Å². The van der Waals surface area contributed by atoms with Crippen LogP contribution in [-0.4, -0.2) is 45.2 Å². The molecule has 1 N–H and O–H groups in total. The third-order valence-electron chi connectivity index (χ3n) is 4.93. The van der Waals surface area contributed by atoms with E-state index in [-0.39, 0.29) is 10.6 Å². The Hall–Kier alpha value is -1.16. The van der Waals surface area contributed by atoms with Gasteiger partial charge in [-0.15, -0.1) is 0 Å². The fraction of sp³-hybridized carbons (Fsp3) is 0.562. The Morgan fingerprint density at radius 2 is 1.76 bits per heavy atom. The quantitative estimate of drug-likeness (QED) is 0.798. The molecular weight excluding hydrogens is 410 g/mol. The van der Waals surface area contributed by atoms with E-state index in [1.165, 1.54) is 19.5 Å². The summed E-state index contributed by atoms with van der Waals surface area (Å²) in [5.74, 6) is 0. The molecule has 0 unspecified atom stereocenters. The van der Waals surface area contributed by atoms with E-state index in [2.05, 4.69) is 15.9 Å². The standard InChI is InChI=1S/C16H22BrN3O4S/c1-16(2,22)14-6-5-7-20(14)25(23,24)13-9-12-11(8-10(13)17)18(3)15(21)19(12)4/h8-9,14,22H,5-7H2,1-4H3/t14-/m1/s1. The number of rotatable bonds is 3. The van der Waals surface area contributed by atoms with Gasteiger partial charge >= 0.3 is 5.69 Å². The molecule has 7 nitrogen and oxygen atoms in total. The number of aryl methyl sites for hydroxylation is 2. The molecule has 2 heterocycles. The van der Waals surface area contributed by atoms with E-state index < -0.39 is 21.7 Å². The zero-order valence-corrected chi connectivity index (χ0v) is 17.1. The molecule has 0 bridgehead atoms.